The normalized spacial score (nSPS) is 17.8. The minimum Gasteiger partial charge on any atom is -0.395 e. The first-order valence-corrected chi connectivity index (χ1v) is 5.99. The van der Waals surface area contributed by atoms with Crippen LogP contribution < -0.4 is 0 Å². The van der Waals surface area contributed by atoms with Crippen molar-refractivity contribution >= 4 is 0 Å². The maximum atomic E-state index is 8.80. The van der Waals surface area contributed by atoms with Crippen molar-refractivity contribution in [2.75, 3.05) is 33.4 Å². The lowest BCUT2D eigenvalue weighted by atomic mass is 10.0. The molecular formula is C11H19N3O3. The molecule has 0 aromatic carbocycles. The number of nitrogens with zero attached hydrogens (tertiary/aromatic N) is 3. The fourth-order valence-corrected chi connectivity index (χ4v) is 1.93. The van der Waals surface area contributed by atoms with Crippen molar-refractivity contribution in [1.29, 1.82) is 0 Å². The summed E-state index contributed by atoms with van der Waals surface area (Å²) in [4.78, 5) is 6.36. The van der Waals surface area contributed by atoms with E-state index >= 15 is 0 Å². The number of aliphatic hydroxyl groups excluding tert-OH is 1. The van der Waals surface area contributed by atoms with Crippen molar-refractivity contribution in [2.24, 2.45) is 0 Å². The van der Waals surface area contributed by atoms with E-state index in [1.807, 2.05) is 11.9 Å². The average molecular weight is 241 g/mol. The summed E-state index contributed by atoms with van der Waals surface area (Å²) in [5.74, 6) is 1.75. The predicted molar refractivity (Wildman–Crippen MR) is 60.5 cm³/mol. The summed E-state index contributed by atoms with van der Waals surface area (Å²) in [5.41, 5.74) is 0. The number of rotatable bonds is 5. The van der Waals surface area contributed by atoms with Crippen LogP contribution >= 0.6 is 0 Å². The van der Waals surface area contributed by atoms with Crippen molar-refractivity contribution in [3.63, 3.8) is 0 Å². The highest BCUT2D eigenvalue weighted by molar-refractivity contribution is 4.95. The van der Waals surface area contributed by atoms with Gasteiger partial charge in [-0.15, -0.1) is 0 Å². The molecule has 1 aliphatic rings. The number of hydrogen-bond donors (Lipinski definition) is 1. The van der Waals surface area contributed by atoms with E-state index in [-0.39, 0.29) is 6.61 Å². The molecule has 2 heterocycles. The molecule has 1 aromatic rings. The van der Waals surface area contributed by atoms with Gasteiger partial charge in [-0.25, -0.2) is 0 Å². The third kappa shape index (κ3) is 3.49. The molecule has 96 valence electrons. The topological polar surface area (TPSA) is 71.6 Å². The van der Waals surface area contributed by atoms with E-state index < -0.39 is 0 Å². The Hall–Kier alpha value is -0.980. The fraction of sp³-hybridized carbons (Fsp3) is 0.818. The lowest BCUT2D eigenvalue weighted by Gasteiger charge is -2.18. The first kappa shape index (κ1) is 12.5. The van der Waals surface area contributed by atoms with Gasteiger partial charge in [-0.1, -0.05) is 5.16 Å². The van der Waals surface area contributed by atoms with Gasteiger partial charge in [0.25, 0.3) is 0 Å². The van der Waals surface area contributed by atoms with E-state index in [4.69, 9.17) is 14.4 Å². The standard InChI is InChI=1S/C11H19N3O3/c1-14(4-5-15)8-10-12-11(17-13-10)9-2-6-16-7-3-9/h9,15H,2-8H2,1H3. The van der Waals surface area contributed by atoms with Crippen LogP contribution in [0.1, 0.15) is 30.5 Å². The van der Waals surface area contributed by atoms with E-state index in [1.54, 1.807) is 0 Å². The summed E-state index contributed by atoms with van der Waals surface area (Å²) in [6.45, 7) is 2.90. The molecule has 0 spiro atoms. The third-order valence-electron chi connectivity index (χ3n) is 2.95. The summed E-state index contributed by atoms with van der Waals surface area (Å²) in [5, 5.41) is 12.8. The Morgan fingerprint density at radius 2 is 2.18 bits per heavy atom. The molecule has 0 amide bonds. The fourth-order valence-electron chi connectivity index (χ4n) is 1.93. The summed E-state index contributed by atoms with van der Waals surface area (Å²) in [6, 6.07) is 0. The largest absolute Gasteiger partial charge is 0.395 e. The zero-order valence-electron chi connectivity index (χ0n) is 10.1. The Morgan fingerprint density at radius 3 is 2.88 bits per heavy atom. The van der Waals surface area contributed by atoms with Gasteiger partial charge in [0, 0.05) is 25.7 Å². The van der Waals surface area contributed by atoms with Crippen LogP contribution in [0.25, 0.3) is 0 Å². The van der Waals surface area contributed by atoms with E-state index in [0.29, 0.717) is 24.8 Å². The van der Waals surface area contributed by atoms with Crippen LogP contribution in [0, 0.1) is 0 Å². The van der Waals surface area contributed by atoms with Crippen molar-refractivity contribution in [2.45, 2.75) is 25.3 Å². The summed E-state index contributed by atoms with van der Waals surface area (Å²) in [6.07, 6.45) is 1.90. The molecule has 0 bridgehead atoms. The molecule has 0 radical (unpaired) electrons. The Bertz CT molecular complexity index is 336. The summed E-state index contributed by atoms with van der Waals surface area (Å²) in [7, 11) is 1.92. The lowest BCUT2D eigenvalue weighted by molar-refractivity contribution is 0.0778. The highest BCUT2D eigenvalue weighted by Crippen LogP contribution is 2.25. The molecule has 6 nitrogen and oxygen atoms in total. The van der Waals surface area contributed by atoms with Crippen molar-refractivity contribution in [3.05, 3.63) is 11.7 Å². The number of ether oxygens (including phenoxy) is 1. The smallest absolute Gasteiger partial charge is 0.229 e. The van der Waals surface area contributed by atoms with Crippen LogP contribution in [0.15, 0.2) is 4.52 Å². The lowest BCUT2D eigenvalue weighted by Crippen LogP contribution is -2.22. The quantitative estimate of drug-likeness (QED) is 0.804. The van der Waals surface area contributed by atoms with Gasteiger partial charge in [0.1, 0.15) is 0 Å². The van der Waals surface area contributed by atoms with Gasteiger partial charge < -0.3 is 14.4 Å². The van der Waals surface area contributed by atoms with Gasteiger partial charge >= 0.3 is 0 Å². The van der Waals surface area contributed by atoms with Gasteiger partial charge in [-0.3, -0.25) is 4.90 Å². The van der Waals surface area contributed by atoms with Crippen LogP contribution in [0.4, 0.5) is 0 Å². The number of aromatic nitrogens is 2. The van der Waals surface area contributed by atoms with Crippen molar-refractivity contribution in [1.82, 2.24) is 15.0 Å². The van der Waals surface area contributed by atoms with Gasteiger partial charge in [0.05, 0.1) is 13.2 Å². The first-order chi connectivity index (χ1) is 8.29. The van der Waals surface area contributed by atoms with Gasteiger partial charge in [0.15, 0.2) is 5.82 Å². The number of aliphatic hydroxyl groups is 1. The maximum absolute atomic E-state index is 8.80. The van der Waals surface area contributed by atoms with E-state index in [1.165, 1.54) is 0 Å². The van der Waals surface area contributed by atoms with Gasteiger partial charge in [-0.2, -0.15) is 4.98 Å². The van der Waals surface area contributed by atoms with Crippen molar-refractivity contribution < 1.29 is 14.4 Å². The third-order valence-corrected chi connectivity index (χ3v) is 2.95. The highest BCUT2D eigenvalue weighted by atomic mass is 16.5. The second kappa shape index (κ2) is 6.09. The summed E-state index contributed by atoms with van der Waals surface area (Å²) < 4.78 is 10.6. The highest BCUT2D eigenvalue weighted by Gasteiger charge is 2.22. The van der Waals surface area contributed by atoms with E-state index in [0.717, 1.165) is 31.9 Å². The Kier molecular flexibility index (Phi) is 4.47. The van der Waals surface area contributed by atoms with Crippen LogP contribution in [0.5, 0.6) is 0 Å². The van der Waals surface area contributed by atoms with E-state index in [2.05, 4.69) is 10.1 Å². The molecule has 2 rings (SSSR count). The zero-order valence-corrected chi connectivity index (χ0v) is 10.1. The molecule has 6 heteroatoms. The van der Waals surface area contributed by atoms with Crippen molar-refractivity contribution in [3.8, 4) is 0 Å². The molecule has 1 aromatic heterocycles. The minimum absolute atomic E-state index is 0.140. The molecule has 1 aliphatic heterocycles. The summed E-state index contributed by atoms with van der Waals surface area (Å²) >= 11 is 0. The van der Waals surface area contributed by atoms with Crippen LogP contribution in [0.2, 0.25) is 0 Å². The predicted octanol–water partition coefficient (Wildman–Crippen LogP) is 0.388. The molecule has 1 N–H and O–H groups in total. The first-order valence-electron chi connectivity index (χ1n) is 5.99. The second-order valence-electron chi connectivity index (χ2n) is 4.40. The van der Waals surface area contributed by atoms with E-state index in [9.17, 15) is 0 Å². The van der Waals surface area contributed by atoms with Crippen LogP contribution in [0.3, 0.4) is 0 Å². The number of hydrogen-bond acceptors (Lipinski definition) is 6. The van der Waals surface area contributed by atoms with Crippen LogP contribution in [-0.4, -0.2) is 53.6 Å². The Balaban J connectivity index is 1.90. The number of likely N-dealkylation sites (N-methyl/N-ethyl adjacent to an activating group) is 1. The molecule has 1 fully saturated rings. The van der Waals surface area contributed by atoms with Gasteiger partial charge in [-0.05, 0) is 19.9 Å². The Labute approximate surface area is 101 Å². The molecule has 0 saturated carbocycles. The average Bonchev–Trinajstić information content (AvgIpc) is 2.79. The Morgan fingerprint density at radius 1 is 1.41 bits per heavy atom. The molecule has 17 heavy (non-hydrogen) atoms. The molecule has 1 saturated heterocycles. The van der Waals surface area contributed by atoms with Crippen LogP contribution in [-0.2, 0) is 11.3 Å². The molecular weight excluding hydrogens is 222 g/mol. The molecule has 0 atom stereocenters. The van der Waals surface area contributed by atoms with Gasteiger partial charge in [0.2, 0.25) is 5.89 Å². The molecule has 0 aliphatic carbocycles. The maximum Gasteiger partial charge on any atom is 0.229 e. The molecule has 0 unspecified atom stereocenters. The SMILES string of the molecule is CN(CCO)Cc1noc(C2CCOCC2)n1. The monoisotopic (exact) mass is 241 g/mol. The second-order valence-corrected chi connectivity index (χ2v) is 4.40. The minimum atomic E-state index is 0.140. The zero-order chi connectivity index (χ0) is 12.1.